The molecular formula is C19H18F8O5S. The van der Waals surface area contributed by atoms with Crippen LogP contribution >= 0.6 is 12.6 Å². The van der Waals surface area contributed by atoms with Gasteiger partial charge in [-0.15, -0.1) is 0 Å². The fourth-order valence-electron chi connectivity index (χ4n) is 2.20. The van der Waals surface area contributed by atoms with Crippen LogP contribution in [0.5, 0.6) is 0 Å². The fourth-order valence-corrected chi connectivity index (χ4v) is 2.32. The van der Waals surface area contributed by atoms with Crippen molar-refractivity contribution in [1.82, 2.24) is 0 Å². The summed E-state index contributed by atoms with van der Waals surface area (Å²) in [5.41, 5.74) is 0.234. The highest BCUT2D eigenvalue weighted by molar-refractivity contribution is 7.81. The molecule has 1 atom stereocenters. The predicted molar refractivity (Wildman–Crippen MR) is 100 cm³/mol. The summed E-state index contributed by atoms with van der Waals surface area (Å²) in [5, 5.41) is -4.68. The van der Waals surface area contributed by atoms with Crippen molar-refractivity contribution in [3.05, 3.63) is 48.3 Å². The van der Waals surface area contributed by atoms with E-state index in [1.807, 2.05) is 0 Å². The maximum absolute atomic E-state index is 13.7. The third-order valence-electron chi connectivity index (χ3n) is 3.94. The van der Waals surface area contributed by atoms with E-state index in [2.05, 4.69) is 33.4 Å². The van der Waals surface area contributed by atoms with Gasteiger partial charge in [0, 0.05) is 6.42 Å². The molecule has 0 amide bonds. The molecule has 1 rings (SSSR count). The van der Waals surface area contributed by atoms with Gasteiger partial charge in [0.15, 0.2) is 0 Å². The van der Waals surface area contributed by atoms with Gasteiger partial charge in [-0.1, -0.05) is 49.5 Å². The molecular weight excluding hydrogens is 492 g/mol. The number of benzene rings is 1. The predicted octanol–water partition coefficient (Wildman–Crippen LogP) is 5.36. The summed E-state index contributed by atoms with van der Waals surface area (Å²) < 4.78 is 119. The second-order valence-electron chi connectivity index (χ2n) is 6.52. The lowest BCUT2D eigenvalue weighted by Gasteiger charge is -2.32. The fraction of sp³-hybridized carbons (Fsp3) is 0.474. The number of carbonyl (C=O) groups excluding carboxylic acids is 2. The third-order valence-corrected chi connectivity index (χ3v) is 4.27. The van der Waals surface area contributed by atoms with Crippen LogP contribution in [-0.4, -0.2) is 41.7 Å². The molecule has 0 aliphatic rings. The highest BCUT2D eigenvalue weighted by atomic mass is 32.1. The van der Waals surface area contributed by atoms with Crippen LogP contribution < -0.4 is 0 Å². The summed E-state index contributed by atoms with van der Waals surface area (Å²) in [4.78, 5) is 23.7. The van der Waals surface area contributed by atoms with E-state index in [0.29, 0.717) is 0 Å². The number of rotatable bonds is 12. The maximum Gasteiger partial charge on any atom is 0.468 e. The van der Waals surface area contributed by atoms with Gasteiger partial charge in [-0.2, -0.15) is 35.1 Å². The number of unbranched alkanes of at least 4 members (excludes halogenated alkanes) is 1. The molecule has 1 aromatic rings. The van der Waals surface area contributed by atoms with E-state index in [1.165, 1.54) is 24.3 Å². The van der Waals surface area contributed by atoms with Crippen LogP contribution in [0.2, 0.25) is 0 Å². The lowest BCUT2D eigenvalue weighted by molar-refractivity contribution is -0.355. The van der Waals surface area contributed by atoms with Crippen molar-refractivity contribution in [3.8, 4) is 0 Å². The molecule has 186 valence electrons. The van der Waals surface area contributed by atoms with Gasteiger partial charge < -0.3 is 14.2 Å². The molecule has 0 saturated carbocycles. The Balaban J connectivity index is 3.00. The molecule has 0 aliphatic carbocycles. The number of hydrogen-bond donors (Lipinski definition) is 1. The minimum atomic E-state index is -5.81. The Bertz CT molecular complexity index is 826. The van der Waals surface area contributed by atoms with Crippen molar-refractivity contribution in [2.45, 2.75) is 49.0 Å². The Morgan fingerprint density at radius 1 is 0.970 bits per heavy atom. The van der Waals surface area contributed by atoms with E-state index in [4.69, 9.17) is 0 Å². The molecule has 0 aliphatic heterocycles. The molecule has 5 nitrogen and oxygen atoms in total. The molecule has 0 bridgehead atoms. The Kier molecular flexibility index (Phi) is 9.72. The van der Waals surface area contributed by atoms with Gasteiger partial charge >= 0.3 is 35.1 Å². The summed E-state index contributed by atoms with van der Waals surface area (Å²) >= 11 is 2.46. The zero-order valence-corrected chi connectivity index (χ0v) is 17.5. The van der Waals surface area contributed by atoms with E-state index in [1.54, 1.807) is 6.07 Å². The molecule has 1 aromatic carbocycles. The summed E-state index contributed by atoms with van der Waals surface area (Å²) in [7, 11) is 0. The SMILES string of the molecule is C=C(F)C(=O)OC(OCCCCC(F)(F)C(F)(F)S)(C(=O)OCc1ccccc1)C(F)(F)F. The standard InChI is InChI=1S/C19H18F8O5S/c1-12(20)14(28)32-17(18(23,24)25,15(29)30-11-13-7-3-2-4-8-13)31-10-6-5-9-16(21,22)19(26,27)33/h2-4,7-8,33H,1,5-6,9-11H2. The molecule has 33 heavy (non-hydrogen) atoms. The average molecular weight is 510 g/mol. The minimum Gasteiger partial charge on any atom is -0.456 e. The van der Waals surface area contributed by atoms with Crippen molar-refractivity contribution in [1.29, 1.82) is 0 Å². The van der Waals surface area contributed by atoms with Crippen molar-refractivity contribution in [2.24, 2.45) is 0 Å². The van der Waals surface area contributed by atoms with Gasteiger partial charge in [0.2, 0.25) is 5.83 Å². The number of halogens is 8. The average Bonchev–Trinajstić information content (AvgIpc) is 2.69. The Hall–Kier alpha value is -2.35. The molecule has 0 N–H and O–H groups in total. The zero-order valence-electron chi connectivity index (χ0n) is 16.6. The second kappa shape index (κ2) is 11.2. The molecule has 0 radical (unpaired) electrons. The third kappa shape index (κ3) is 7.88. The quantitative estimate of drug-likeness (QED) is 0.103. The number of carbonyl (C=O) groups is 2. The number of ether oxygens (including phenoxy) is 3. The van der Waals surface area contributed by atoms with E-state index in [0.717, 1.165) is 0 Å². The molecule has 14 heteroatoms. The van der Waals surface area contributed by atoms with Crippen LogP contribution in [0.15, 0.2) is 42.7 Å². The van der Waals surface area contributed by atoms with E-state index >= 15 is 0 Å². The number of alkyl halides is 7. The van der Waals surface area contributed by atoms with Crippen LogP contribution in [-0.2, 0) is 30.4 Å². The molecule has 1 unspecified atom stereocenters. The summed E-state index contributed by atoms with van der Waals surface area (Å²) in [6.45, 7) is 0.552. The lowest BCUT2D eigenvalue weighted by atomic mass is 10.1. The number of hydrogen-bond acceptors (Lipinski definition) is 6. The van der Waals surface area contributed by atoms with Gasteiger partial charge in [-0.25, -0.2) is 9.59 Å². The highest BCUT2D eigenvalue weighted by Gasteiger charge is 2.68. The topological polar surface area (TPSA) is 61.8 Å². The van der Waals surface area contributed by atoms with Crippen LogP contribution in [0.3, 0.4) is 0 Å². The summed E-state index contributed by atoms with van der Waals surface area (Å²) in [6, 6.07) is 7.30. The first-order valence-electron chi connectivity index (χ1n) is 9.01. The largest absolute Gasteiger partial charge is 0.468 e. The zero-order chi connectivity index (χ0) is 25.5. The lowest BCUT2D eigenvalue weighted by Crippen LogP contribution is -2.58. The molecule has 0 heterocycles. The molecule has 0 fully saturated rings. The van der Waals surface area contributed by atoms with Crippen LogP contribution in [0.25, 0.3) is 0 Å². The minimum absolute atomic E-state index is 0.234. The van der Waals surface area contributed by atoms with Crippen molar-refractivity contribution in [3.63, 3.8) is 0 Å². The van der Waals surface area contributed by atoms with Crippen LogP contribution in [0.4, 0.5) is 35.1 Å². The monoisotopic (exact) mass is 510 g/mol. The first kappa shape index (κ1) is 28.7. The Morgan fingerprint density at radius 3 is 2.03 bits per heavy atom. The van der Waals surface area contributed by atoms with Gasteiger partial charge in [0.05, 0.1) is 6.61 Å². The van der Waals surface area contributed by atoms with Crippen molar-refractivity contribution >= 4 is 24.6 Å². The van der Waals surface area contributed by atoms with Crippen LogP contribution in [0, 0.1) is 0 Å². The number of thiol groups is 1. The second-order valence-corrected chi connectivity index (χ2v) is 7.08. The van der Waals surface area contributed by atoms with Crippen LogP contribution in [0.1, 0.15) is 24.8 Å². The van der Waals surface area contributed by atoms with Gasteiger partial charge in [-0.05, 0) is 18.4 Å². The smallest absolute Gasteiger partial charge is 0.456 e. The van der Waals surface area contributed by atoms with E-state index < -0.39 is 73.4 Å². The molecule has 0 aromatic heterocycles. The normalized spacial score (nSPS) is 14.3. The van der Waals surface area contributed by atoms with Gasteiger partial charge in [0.1, 0.15) is 6.61 Å². The first-order valence-corrected chi connectivity index (χ1v) is 9.46. The Labute approximate surface area is 188 Å². The van der Waals surface area contributed by atoms with Gasteiger partial charge in [-0.3, -0.25) is 0 Å². The van der Waals surface area contributed by atoms with E-state index in [9.17, 15) is 44.7 Å². The maximum atomic E-state index is 13.7. The molecule has 0 spiro atoms. The summed E-state index contributed by atoms with van der Waals surface area (Å²) in [6.07, 6.45) is -8.80. The van der Waals surface area contributed by atoms with Crippen molar-refractivity contribution in [2.75, 3.05) is 6.61 Å². The first-order chi connectivity index (χ1) is 15.0. The highest BCUT2D eigenvalue weighted by Crippen LogP contribution is 2.41. The van der Waals surface area contributed by atoms with Crippen molar-refractivity contribution < 1.29 is 58.9 Å². The summed E-state index contributed by atoms with van der Waals surface area (Å²) in [5.74, 6) is -15.6. The Morgan fingerprint density at radius 2 is 1.55 bits per heavy atom. The van der Waals surface area contributed by atoms with Gasteiger partial charge in [0.25, 0.3) is 0 Å². The van der Waals surface area contributed by atoms with E-state index in [-0.39, 0.29) is 5.56 Å². The number of esters is 2. The molecule has 0 saturated heterocycles.